The highest BCUT2D eigenvalue weighted by molar-refractivity contribution is 5.85. The van der Waals surface area contributed by atoms with Gasteiger partial charge in [0.25, 0.3) is 5.91 Å². The minimum absolute atomic E-state index is 0.0327. The van der Waals surface area contributed by atoms with Gasteiger partial charge in [-0.15, -0.1) is 0 Å². The number of piperidine rings is 1. The summed E-state index contributed by atoms with van der Waals surface area (Å²) in [4.78, 5) is 14.2. The lowest BCUT2D eigenvalue weighted by Gasteiger charge is -2.43. The van der Waals surface area contributed by atoms with Crippen molar-refractivity contribution >= 4 is 5.91 Å². The molecule has 0 spiro atoms. The number of rotatable bonds is 3. The van der Waals surface area contributed by atoms with Gasteiger partial charge >= 0.3 is 0 Å². The quantitative estimate of drug-likeness (QED) is 0.786. The molecule has 0 aliphatic carbocycles. The van der Waals surface area contributed by atoms with Gasteiger partial charge in [-0.1, -0.05) is 6.92 Å². The minimum atomic E-state index is -1.23. The zero-order chi connectivity index (χ0) is 13.9. The molecule has 2 aliphatic heterocycles. The van der Waals surface area contributed by atoms with Crippen molar-refractivity contribution in [3.8, 4) is 0 Å². The predicted molar refractivity (Wildman–Crippen MR) is 70.6 cm³/mol. The average Bonchev–Trinajstić information content (AvgIpc) is 2.47. The molecule has 0 saturated carbocycles. The van der Waals surface area contributed by atoms with Crippen molar-refractivity contribution in [1.29, 1.82) is 0 Å². The number of amides is 1. The number of aliphatic hydroxyl groups is 2. The molecule has 2 saturated heterocycles. The molecule has 2 aliphatic rings. The number of carbonyl (C=O) groups excluding carboxylic acids is 1. The van der Waals surface area contributed by atoms with Gasteiger partial charge in [-0.2, -0.15) is 0 Å². The highest BCUT2D eigenvalue weighted by Crippen LogP contribution is 2.35. The van der Waals surface area contributed by atoms with E-state index >= 15 is 0 Å². The molecular weight excluding hydrogens is 246 g/mol. The van der Waals surface area contributed by atoms with E-state index in [1.807, 2.05) is 0 Å². The number of nitrogens with zero attached hydrogens (tertiary/aromatic N) is 1. The fourth-order valence-electron chi connectivity index (χ4n) is 3.02. The first-order chi connectivity index (χ1) is 9.05. The maximum atomic E-state index is 12.4. The lowest BCUT2D eigenvalue weighted by atomic mass is 9.76. The summed E-state index contributed by atoms with van der Waals surface area (Å²) in [5.74, 6) is -0.154. The highest BCUT2D eigenvalue weighted by atomic mass is 16.5. The van der Waals surface area contributed by atoms with Crippen molar-refractivity contribution in [1.82, 2.24) is 4.90 Å². The Morgan fingerprint density at radius 1 is 1.21 bits per heavy atom. The maximum absolute atomic E-state index is 12.4. The van der Waals surface area contributed by atoms with Crippen LogP contribution in [0.4, 0.5) is 0 Å². The molecule has 0 aromatic rings. The van der Waals surface area contributed by atoms with Gasteiger partial charge < -0.3 is 19.8 Å². The summed E-state index contributed by atoms with van der Waals surface area (Å²) in [6.07, 6.45) is 3.35. The van der Waals surface area contributed by atoms with Crippen LogP contribution in [-0.2, 0) is 9.53 Å². The minimum Gasteiger partial charge on any atom is -0.396 e. The molecule has 19 heavy (non-hydrogen) atoms. The molecular formula is C14H25NO4. The van der Waals surface area contributed by atoms with Crippen molar-refractivity contribution in [2.45, 2.75) is 44.6 Å². The topological polar surface area (TPSA) is 70.0 Å². The lowest BCUT2D eigenvalue weighted by Crippen LogP contribution is -2.55. The third kappa shape index (κ3) is 2.93. The van der Waals surface area contributed by atoms with Crippen molar-refractivity contribution in [2.24, 2.45) is 5.41 Å². The fraction of sp³-hybridized carbons (Fsp3) is 0.929. The average molecular weight is 271 g/mol. The Balaban J connectivity index is 1.95. The van der Waals surface area contributed by atoms with E-state index in [1.54, 1.807) is 4.90 Å². The first-order valence-corrected chi connectivity index (χ1v) is 7.26. The van der Waals surface area contributed by atoms with E-state index in [-0.39, 0.29) is 17.9 Å². The number of ether oxygens (including phenoxy) is 1. The zero-order valence-corrected chi connectivity index (χ0v) is 11.7. The van der Waals surface area contributed by atoms with E-state index in [4.69, 9.17) is 4.74 Å². The second kappa shape index (κ2) is 5.77. The van der Waals surface area contributed by atoms with Gasteiger partial charge in [-0.05, 0) is 24.7 Å². The lowest BCUT2D eigenvalue weighted by molar-refractivity contribution is -0.163. The van der Waals surface area contributed by atoms with E-state index in [0.29, 0.717) is 39.1 Å². The Kier molecular flexibility index (Phi) is 4.48. The van der Waals surface area contributed by atoms with Crippen molar-refractivity contribution < 1.29 is 19.7 Å². The van der Waals surface area contributed by atoms with Crippen LogP contribution in [0.25, 0.3) is 0 Å². The van der Waals surface area contributed by atoms with Crippen molar-refractivity contribution in [3.05, 3.63) is 0 Å². The standard InChI is InChI=1S/C14H25NO4/c1-2-13(11-16)3-7-15(8-4-13)12(17)14(18)5-9-19-10-6-14/h16,18H,2-11H2,1H3. The van der Waals surface area contributed by atoms with E-state index in [0.717, 1.165) is 19.3 Å². The molecule has 2 heterocycles. The van der Waals surface area contributed by atoms with Crippen LogP contribution in [0.2, 0.25) is 0 Å². The fourth-order valence-corrected chi connectivity index (χ4v) is 3.02. The molecule has 0 radical (unpaired) electrons. The molecule has 2 N–H and O–H groups in total. The molecule has 0 aromatic carbocycles. The SMILES string of the molecule is CCC1(CO)CCN(C(=O)C2(O)CCOCC2)CC1. The number of hydrogen-bond donors (Lipinski definition) is 2. The second-order valence-electron chi connectivity index (χ2n) is 5.95. The van der Waals surface area contributed by atoms with E-state index in [2.05, 4.69) is 6.92 Å². The molecule has 1 amide bonds. The molecule has 0 unspecified atom stereocenters. The molecule has 0 bridgehead atoms. The summed E-state index contributed by atoms with van der Waals surface area (Å²) in [6.45, 7) is 4.44. The van der Waals surface area contributed by atoms with E-state index in [1.165, 1.54) is 0 Å². The Labute approximate surface area is 114 Å². The Morgan fingerprint density at radius 2 is 1.79 bits per heavy atom. The van der Waals surface area contributed by atoms with Crippen LogP contribution in [0.3, 0.4) is 0 Å². The van der Waals surface area contributed by atoms with Crippen LogP contribution in [0, 0.1) is 5.41 Å². The van der Waals surface area contributed by atoms with Crippen molar-refractivity contribution in [2.75, 3.05) is 32.9 Å². The summed E-state index contributed by atoms with van der Waals surface area (Å²) >= 11 is 0. The van der Waals surface area contributed by atoms with Gasteiger partial charge in [0.1, 0.15) is 5.60 Å². The highest BCUT2D eigenvalue weighted by Gasteiger charge is 2.43. The number of carbonyl (C=O) groups is 1. The molecule has 5 nitrogen and oxygen atoms in total. The van der Waals surface area contributed by atoms with Crippen LogP contribution >= 0.6 is 0 Å². The number of hydrogen-bond acceptors (Lipinski definition) is 4. The third-order valence-corrected chi connectivity index (χ3v) is 4.91. The molecule has 2 rings (SSSR count). The Hall–Kier alpha value is -0.650. The molecule has 110 valence electrons. The Bertz CT molecular complexity index is 311. The molecule has 0 aromatic heterocycles. The number of likely N-dealkylation sites (tertiary alicyclic amines) is 1. The maximum Gasteiger partial charge on any atom is 0.254 e. The van der Waals surface area contributed by atoms with Crippen LogP contribution in [-0.4, -0.2) is 59.5 Å². The van der Waals surface area contributed by atoms with Crippen LogP contribution in [0.5, 0.6) is 0 Å². The zero-order valence-electron chi connectivity index (χ0n) is 11.7. The summed E-state index contributed by atoms with van der Waals surface area (Å²) in [5.41, 5.74) is -1.27. The van der Waals surface area contributed by atoms with Gasteiger partial charge in [0.15, 0.2) is 0 Å². The molecule has 2 fully saturated rings. The van der Waals surface area contributed by atoms with E-state index < -0.39 is 5.60 Å². The summed E-state index contributed by atoms with van der Waals surface area (Å²) in [7, 11) is 0. The Morgan fingerprint density at radius 3 is 2.26 bits per heavy atom. The summed E-state index contributed by atoms with van der Waals surface area (Å²) in [6, 6.07) is 0. The largest absolute Gasteiger partial charge is 0.396 e. The van der Waals surface area contributed by atoms with Gasteiger partial charge in [-0.25, -0.2) is 0 Å². The second-order valence-corrected chi connectivity index (χ2v) is 5.95. The van der Waals surface area contributed by atoms with Crippen molar-refractivity contribution in [3.63, 3.8) is 0 Å². The molecule has 5 heteroatoms. The van der Waals surface area contributed by atoms with Gasteiger partial charge in [-0.3, -0.25) is 4.79 Å². The third-order valence-electron chi connectivity index (χ3n) is 4.91. The number of aliphatic hydroxyl groups excluding tert-OH is 1. The monoisotopic (exact) mass is 271 g/mol. The summed E-state index contributed by atoms with van der Waals surface area (Å²) in [5, 5.41) is 19.9. The normalized spacial score (nSPS) is 26.2. The smallest absolute Gasteiger partial charge is 0.254 e. The first-order valence-electron chi connectivity index (χ1n) is 7.26. The van der Waals surface area contributed by atoms with E-state index in [9.17, 15) is 15.0 Å². The van der Waals surface area contributed by atoms with Crippen LogP contribution in [0.15, 0.2) is 0 Å². The first kappa shape index (κ1) is 14.8. The molecule has 0 atom stereocenters. The van der Waals surface area contributed by atoms with Gasteiger partial charge in [0, 0.05) is 45.8 Å². The van der Waals surface area contributed by atoms with Crippen LogP contribution < -0.4 is 0 Å². The predicted octanol–water partition coefficient (Wildman–Crippen LogP) is 0.539. The van der Waals surface area contributed by atoms with Gasteiger partial charge in [0.2, 0.25) is 0 Å². The van der Waals surface area contributed by atoms with Crippen LogP contribution in [0.1, 0.15) is 39.0 Å². The summed E-state index contributed by atoms with van der Waals surface area (Å²) < 4.78 is 5.21. The van der Waals surface area contributed by atoms with Gasteiger partial charge in [0.05, 0.1) is 0 Å².